The topological polar surface area (TPSA) is 70.5 Å². The third-order valence-corrected chi connectivity index (χ3v) is 5.72. The highest BCUT2D eigenvalue weighted by atomic mass is 35.5. The van der Waals surface area contributed by atoms with Gasteiger partial charge < -0.3 is 10.2 Å². The number of aryl methyl sites for hydroxylation is 2. The van der Waals surface area contributed by atoms with E-state index in [4.69, 9.17) is 11.6 Å². The second kappa shape index (κ2) is 10.1. The maximum Gasteiger partial charge on any atom is 0.258 e. The molecule has 0 spiro atoms. The van der Waals surface area contributed by atoms with Gasteiger partial charge in [-0.1, -0.05) is 48.4 Å². The van der Waals surface area contributed by atoms with Crippen LogP contribution < -0.4 is 5.32 Å². The quantitative estimate of drug-likeness (QED) is 0.731. The molecule has 0 atom stereocenters. The number of nitrogens with one attached hydrogen (secondary N) is 1. The molecule has 1 saturated heterocycles. The van der Waals surface area contributed by atoms with Crippen molar-refractivity contribution in [3.05, 3.63) is 51.8 Å². The molecule has 162 valence electrons. The number of benzene rings is 1. The zero-order valence-corrected chi connectivity index (χ0v) is 18.7. The van der Waals surface area contributed by atoms with E-state index in [2.05, 4.69) is 15.3 Å². The second-order valence-electron chi connectivity index (χ2n) is 7.81. The molecule has 1 N–H and O–H groups in total. The Balaban J connectivity index is 1.61. The lowest BCUT2D eigenvalue weighted by atomic mass is 10.1. The molecule has 1 fully saturated rings. The van der Waals surface area contributed by atoms with Crippen LogP contribution >= 0.6 is 11.6 Å². The molecule has 0 unspecified atom stereocenters. The molecular formula is C22H30ClN5O2. The first-order chi connectivity index (χ1) is 14.4. The molecule has 1 aromatic heterocycles. The van der Waals surface area contributed by atoms with Crippen LogP contribution in [0.4, 0.5) is 0 Å². The van der Waals surface area contributed by atoms with Gasteiger partial charge in [0.15, 0.2) is 0 Å². The van der Waals surface area contributed by atoms with Crippen LogP contribution in [0.2, 0.25) is 5.15 Å². The molecule has 2 amide bonds. The monoisotopic (exact) mass is 431 g/mol. The summed E-state index contributed by atoms with van der Waals surface area (Å²) in [4.78, 5) is 28.9. The minimum absolute atomic E-state index is 0.0351. The number of halogens is 1. The highest BCUT2D eigenvalue weighted by Gasteiger charge is 2.28. The van der Waals surface area contributed by atoms with Gasteiger partial charge in [-0.25, -0.2) is 4.68 Å². The number of carbonyl (C=O) groups is 2. The normalized spacial score (nSPS) is 14.7. The molecule has 2 aromatic rings. The van der Waals surface area contributed by atoms with Gasteiger partial charge in [0.1, 0.15) is 5.15 Å². The molecule has 1 aliphatic rings. The van der Waals surface area contributed by atoms with Gasteiger partial charge in [-0.2, -0.15) is 5.10 Å². The average Bonchev–Trinajstić information content (AvgIpc) is 3.01. The lowest BCUT2D eigenvalue weighted by Gasteiger charge is -2.34. The summed E-state index contributed by atoms with van der Waals surface area (Å²) in [6.45, 7) is 9.95. The van der Waals surface area contributed by atoms with Crippen molar-refractivity contribution < 1.29 is 9.59 Å². The molecule has 8 heteroatoms. The van der Waals surface area contributed by atoms with Gasteiger partial charge in [0.25, 0.3) is 5.91 Å². The predicted molar refractivity (Wildman–Crippen MR) is 118 cm³/mol. The predicted octanol–water partition coefficient (Wildman–Crippen LogP) is 2.49. The first kappa shape index (κ1) is 22.3. The van der Waals surface area contributed by atoms with Crippen molar-refractivity contribution in [1.82, 2.24) is 24.9 Å². The van der Waals surface area contributed by atoms with Crippen LogP contribution in [0.15, 0.2) is 24.3 Å². The summed E-state index contributed by atoms with van der Waals surface area (Å²) in [5, 5.41) is 7.77. The first-order valence-electron chi connectivity index (χ1n) is 10.5. The third kappa shape index (κ3) is 5.40. The van der Waals surface area contributed by atoms with Gasteiger partial charge in [0.05, 0.1) is 24.3 Å². The zero-order chi connectivity index (χ0) is 21.7. The van der Waals surface area contributed by atoms with E-state index >= 15 is 0 Å². The summed E-state index contributed by atoms with van der Waals surface area (Å²) in [6.07, 6.45) is 0.922. The van der Waals surface area contributed by atoms with Gasteiger partial charge in [-0.05, 0) is 25.8 Å². The van der Waals surface area contributed by atoms with E-state index in [0.717, 1.165) is 12.0 Å². The van der Waals surface area contributed by atoms with Crippen molar-refractivity contribution in [3.63, 3.8) is 0 Å². The Hall–Kier alpha value is -2.38. The molecule has 0 radical (unpaired) electrons. The number of hydrogen-bond acceptors (Lipinski definition) is 4. The summed E-state index contributed by atoms with van der Waals surface area (Å²) in [5.74, 6) is -0.0596. The highest BCUT2D eigenvalue weighted by molar-refractivity contribution is 6.33. The minimum Gasteiger partial charge on any atom is -0.355 e. The standard InChI is InChI=1S/C22H30ClN5O2/c1-4-9-24-19(29)15-26-10-12-27(13-11-26)22(30)20-17(3)25-28(21(20)23)14-18-7-5-16(2)6-8-18/h5-8H,4,9-15H2,1-3H3,(H,24,29). The third-order valence-electron chi connectivity index (χ3n) is 5.33. The lowest BCUT2D eigenvalue weighted by Crippen LogP contribution is -2.51. The second-order valence-corrected chi connectivity index (χ2v) is 8.17. The van der Waals surface area contributed by atoms with E-state index in [-0.39, 0.29) is 11.8 Å². The van der Waals surface area contributed by atoms with E-state index < -0.39 is 0 Å². The van der Waals surface area contributed by atoms with Crippen LogP contribution in [0.1, 0.15) is 40.5 Å². The van der Waals surface area contributed by atoms with Gasteiger partial charge in [0.2, 0.25) is 5.91 Å². The van der Waals surface area contributed by atoms with Crippen molar-refractivity contribution in [1.29, 1.82) is 0 Å². The average molecular weight is 432 g/mol. The van der Waals surface area contributed by atoms with Gasteiger partial charge in [-0.15, -0.1) is 0 Å². The number of hydrogen-bond donors (Lipinski definition) is 1. The Morgan fingerprint density at radius 1 is 1.10 bits per heavy atom. The fraction of sp³-hybridized carbons (Fsp3) is 0.500. The Labute approximate surface area is 183 Å². The Kier molecular flexibility index (Phi) is 7.50. The molecule has 2 heterocycles. The van der Waals surface area contributed by atoms with Crippen LogP contribution in [0, 0.1) is 13.8 Å². The van der Waals surface area contributed by atoms with Crippen LogP contribution in [-0.4, -0.2) is 70.7 Å². The lowest BCUT2D eigenvalue weighted by molar-refractivity contribution is -0.122. The fourth-order valence-electron chi connectivity index (χ4n) is 3.56. The largest absolute Gasteiger partial charge is 0.355 e. The van der Waals surface area contributed by atoms with E-state index in [1.165, 1.54) is 5.56 Å². The summed E-state index contributed by atoms with van der Waals surface area (Å²) < 4.78 is 1.68. The molecule has 0 saturated carbocycles. The SMILES string of the molecule is CCCNC(=O)CN1CCN(C(=O)c2c(C)nn(Cc3ccc(C)cc3)c2Cl)CC1. The summed E-state index contributed by atoms with van der Waals surface area (Å²) in [5.41, 5.74) is 3.38. The van der Waals surface area contributed by atoms with Crippen molar-refractivity contribution >= 4 is 23.4 Å². The molecule has 7 nitrogen and oxygen atoms in total. The van der Waals surface area contributed by atoms with E-state index in [1.54, 1.807) is 9.58 Å². The van der Waals surface area contributed by atoms with Crippen molar-refractivity contribution in [2.75, 3.05) is 39.3 Å². The van der Waals surface area contributed by atoms with Crippen molar-refractivity contribution in [3.8, 4) is 0 Å². The van der Waals surface area contributed by atoms with Crippen LogP contribution in [-0.2, 0) is 11.3 Å². The molecule has 1 aliphatic heterocycles. The van der Waals surface area contributed by atoms with Crippen LogP contribution in [0.3, 0.4) is 0 Å². The molecule has 0 bridgehead atoms. The summed E-state index contributed by atoms with van der Waals surface area (Å²) in [6, 6.07) is 8.18. The number of amides is 2. The van der Waals surface area contributed by atoms with Crippen LogP contribution in [0.5, 0.6) is 0 Å². The van der Waals surface area contributed by atoms with Gasteiger partial charge >= 0.3 is 0 Å². The van der Waals surface area contributed by atoms with Gasteiger partial charge in [-0.3, -0.25) is 14.5 Å². The van der Waals surface area contributed by atoms with E-state index in [9.17, 15) is 9.59 Å². The number of rotatable bonds is 7. The smallest absolute Gasteiger partial charge is 0.258 e. The van der Waals surface area contributed by atoms with E-state index in [1.807, 2.05) is 45.0 Å². The van der Waals surface area contributed by atoms with Crippen molar-refractivity contribution in [2.24, 2.45) is 0 Å². The highest BCUT2D eigenvalue weighted by Crippen LogP contribution is 2.23. The van der Waals surface area contributed by atoms with E-state index in [0.29, 0.717) is 62.2 Å². The zero-order valence-electron chi connectivity index (χ0n) is 17.9. The van der Waals surface area contributed by atoms with Crippen LogP contribution in [0.25, 0.3) is 0 Å². The number of piperazine rings is 1. The first-order valence-corrected chi connectivity index (χ1v) is 10.8. The maximum atomic E-state index is 13.1. The Morgan fingerprint density at radius 2 is 1.77 bits per heavy atom. The molecule has 30 heavy (non-hydrogen) atoms. The van der Waals surface area contributed by atoms with Crippen molar-refractivity contribution in [2.45, 2.75) is 33.7 Å². The summed E-state index contributed by atoms with van der Waals surface area (Å²) in [7, 11) is 0. The molecule has 0 aliphatic carbocycles. The minimum atomic E-state index is -0.0947. The fourth-order valence-corrected chi connectivity index (χ4v) is 3.87. The molecule has 1 aromatic carbocycles. The van der Waals surface area contributed by atoms with Gasteiger partial charge in [0, 0.05) is 32.7 Å². The Morgan fingerprint density at radius 3 is 2.40 bits per heavy atom. The number of carbonyl (C=O) groups excluding carboxylic acids is 2. The Bertz CT molecular complexity index is 886. The summed E-state index contributed by atoms with van der Waals surface area (Å²) >= 11 is 6.56. The molecule has 3 rings (SSSR count). The maximum absolute atomic E-state index is 13.1. The number of aromatic nitrogens is 2. The molecular weight excluding hydrogens is 402 g/mol. The number of nitrogens with zero attached hydrogens (tertiary/aromatic N) is 4.